The van der Waals surface area contributed by atoms with Crippen LogP contribution in [0.2, 0.25) is 0 Å². The summed E-state index contributed by atoms with van der Waals surface area (Å²) in [7, 11) is -3.79. The molecular weight excluding hydrogens is 292 g/mol. The van der Waals surface area contributed by atoms with E-state index in [1.165, 1.54) is 30.3 Å². The number of phenolic OH excluding ortho intramolecular Hbond substituents is 1. The molecule has 108 valence electrons. The summed E-state index contributed by atoms with van der Waals surface area (Å²) in [6.07, 6.45) is 1.10. The van der Waals surface area contributed by atoms with Crippen LogP contribution >= 0.6 is 0 Å². The number of benzene rings is 1. The molecule has 0 aliphatic heterocycles. The maximum Gasteiger partial charge on any atom is 0.242 e. The number of nitriles is 1. The number of aromatic hydroxyl groups is 1. The molecule has 1 aromatic heterocycles. The molecule has 7 nitrogen and oxygen atoms in total. The lowest BCUT2D eigenvalue weighted by Crippen LogP contribution is -2.23. The van der Waals surface area contributed by atoms with Gasteiger partial charge in [-0.05, 0) is 30.3 Å². The maximum atomic E-state index is 12.1. The lowest BCUT2D eigenvalue weighted by molar-refractivity contribution is 0.467. The number of phenols is 1. The molecule has 21 heavy (non-hydrogen) atoms. The lowest BCUT2D eigenvalue weighted by Gasteiger charge is -2.08. The van der Waals surface area contributed by atoms with Crippen molar-refractivity contribution in [3.05, 3.63) is 47.8 Å². The molecule has 0 aliphatic rings. The molecule has 0 spiro atoms. The van der Waals surface area contributed by atoms with Gasteiger partial charge in [0.15, 0.2) is 0 Å². The molecule has 0 amide bonds. The molecular formula is C13H12N4O3S. The Hall–Kier alpha value is -2.63. The lowest BCUT2D eigenvalue weighted by atomic mass is 10.2. The average Bonchev–Trinajstić information content (AvgIpc) is 2.48. The van der Waals surface area contributed by atoms with Crippen molar-refractivity contribution in [3.8, 4) is 11.8 Å². The number of nitrogen functional groups attached to an aromatic ring is 1. The number of nitrogens with one attached hydrogen (secondary N) is 1. The number of pyridine rings is 1. The fraction of sp³-hybridized carbons (Fsp3) is 0.0769. The molecule has 0 aliphatic carbocycles. The first kappa shape index (κ1) is 14.8. The van der Waals surface area contributed by atoms with Gasteiger partial charge in [-0.25, -0.2) is 18.1 Å². The standard InChI is InChI=1S/C13H12N4O3S/c14-6-11-2-3-12(8-16-11)21(19,20)17-7-9-5-10(15)1-4-13(9)18/h1-5,8,17-18H,7,15H2. The van der Waals surface area contributed by atoms with Gasteiger partial charge in [0.1, 0.15) is 22.4 Å². The van der Waals surface area contributed by atoms with Gasteiger partial charge in [-0.1, -0.05) is 0 Å². The van der Waals surface area contributed by atoms with Crippen molar-refractivity contribution < 1.29 is 13.5 Å². The van der Waals surface area contributed by atoms with Crippen LogP contribution in [0, 0.1) is 11.3 Å². The normalized spacial score (nSPS) is 11.0. The van der Waals surface area contributed by atoms with Gasteiger partial charge >= 0.3 is 0 Å². The molecule has 0 bridgehead atoms. The summed E-state index contributed by atoms with van der Waals surface area (Å²) in [5.41, 5.74) is 6.49. The first-order valence-electron chi connectivity index (χ1n) is 5.85. The highest BCUT2D eigenvalue weighted by molar-refractivity contribution is 7.89. The van der Waals surface area contributed by atoms with Crippen molar-refractivity contribution in [1.82, 2.24) is 9.71 Å². The molecule has 2 rings (SSSR count). The molecule has 0 saturated heterocycles. The van der Waals surface area contributed by atoms with Crippen molar-refractivity contribution in [3.63, 3.8) is 0 Å². The Morgan fingerprint density at radius 1 is 1.33 bits per heavy atom. The minimum Gasteiger partial charge on any atom is -0.508 e. The Labute approximate surface area is 121 Å². The van der Waals surface area contributed by atoms with Gasteiger partial charge in [0.05, 0.1) is 0 Å². The van der Waals surface area contributed by atoms with Gasteiger partial charge in [0.2, 0.25) is 10.0 Å². The molecule has 1 heterocycles. The average molecular weight is 304 g/mol. The molecule has 4 N–H and O–H groups in total. The summed E-state index contributed by atoms with van der Waals surface area (Å²) in [5, 5.41) is 18.3. The highest BCUT2D eigenvalue weighted by Crippen LogP contribution is 2.20. The molecule has 0 fully saturated rings. The van der Waals surface area contributed by atoms with Gasteiger partial charge in [-0.3, -0.25) is 0 Å². The SMILES string of the molecule is N#Cc1ccc(S(=O)(=O)NCc2cc(N)ccc2O)cn1. The van der Waals surface area contributed by atoms with Gasteiger partial charge in [-0.15, -0.1) is 0 Å². The second-order valence-electron chi connectivity index (χ2n) is 4.20. The van der Waals surface area contributed by atoms with Crippen LogP contribution in [-0.4, -0.2) is 18.5 Å². The Morgan fingerprint density at radius 3 is 2.71 bits per heavy atom. The second-order valence-corrected chi connectivity index (χ2v) is 5.97. The number of hydrogen-bond acceptors (Lipinski definition) is 6. The van der Waals surface area contributed by atoms with Crippen molar-refractivity contribution >= 4 is 15.7 Å². The number of hydrogen-bond donors (Lipinski definition) is 3. The predicted octanol–water partition coefficient (Wildman–Crippen LogP) is 0.720. The Balaban J connectivity index is 2.17. The maximum absolute atomic E-state index is 12.1. The quantitative estimate of drug-likeness (QED) is 0.564. The zero-order valence-electron chi connectivity index (χ0n) is 10.8. The van der Waals surface area contributed by atoms with Crippen molar-refractivity contribution in [2.75, 3.05) is 5.73 Å². The van der Waals surface area contributed by atoms with Crippen molar-refractivity contribution in [1.29, 1.82) is 5.26 Å². The Bertz CT molecular complexity index is 795. The van der Waals surface area contributed by atoms with E-state index in [0.29, 0.717) is 11.3 Å². The highest BCUT2D eigenvalue weighted by Gasteiger charge is 2.15. The van der Waals surface area contributed by atoms with Gasteiger partial charge < -0.3 is 10.8 Å². The summed E-state index contributed by atoms with van der Waals surface area (Å²) in [4.78, 5) is 3.64. The number of rotatable bonds is 4. The van der Waals surface area contributed by atoms with Crippen LogP contribution in [0.15, 0.2) is 41.4 Å². The van der Waals surface area contributed by atoms with E-state index in [-0.39, 0.29) is 22.9 Å². The molecule has 2 aromatic rings. The van der Waals surface area contributed by atoms with E-state index in [4.69, 9.17) is 11.0 Å². The Morgan fingerprint density at radius 2 is 2.10 bits per heavy atom. The van der Waals surface area contributed by atoms with Gasteiger partial charge in [0.25, 0.3) is 0 Å². The minimum absolute atomic E-state index is 0.0511. The van der Waals surface area contributed by atoms with Crippen LogP contribution in [0.5, 0.6) is 5.75 Å². The summed E-state index contributed by atoms with van der Waals surface area (Å²) in [5.74, 6) is -0.0511. The number of aromatic nitrogens is 1. The third kappa shape index (κ3) is 3.47. The fourth-order valence-corrected chi connectivity index (χ4v) is 2.56. The van der Waals surface area contributed by atoms with Crippen LogP contribution in [0.4, 0.5) is 5.69 Å². The van der Waals surface area contributed by atoms with Crippen LogP contribution in [0.3, 0.4) is 0 Å². The third-order valence-corrected chi connectivity index (χ3v) is 4.10. The first-order chi connectivity index (χ1) is 9.92. The van der Waals surface area contributed by atoms with E-state index in [1.54, 1.807) is 6.07 Å². The largest absolute Gasteiger partial charge is 0.508 e. The van der Waals surface area contributed by atoms with E-state index in [2.05, 4.69) is 9.71 Å². The van der Waals surface area contributed by atoms with Crippen LogP contribution in [0.1, 0.15) is 11.3 Å². The molecule has 0 radical (unpaired) electrons. The van der Waals surface area contributed by atoms with Crippen LogP contribution in [0.25, 0.3) is 0 Å². The minimum atomic E-state index is -3.79. The van der Waals surface area contributed by atoms with Crippen LogP contribution < -0.4 is 10.5 Å². The first-order valence-corrected chi connectivity index (χ1v) is 7.34. The van der Waals surface area contributed by atoms with E-state index in [9.17, 15) is 13.5 Å². The third-order valence-electron chi connectivity index (χ3n) is 2.72. The van der Waals surface area contributed by atoms with Crippen molar-refractivity contribution in [2.45, 2.75) is 11.4 Å². The smallest absolute Gasteiger partial charge is 0.242 e. The molecule has 0 unspecified atom stereocenters. The summed E-state index contributed by atoms with van der Waals surface area (Å²) < 4.78 is 26.4. The van der Waals surface area contributed by atoms with E-state index >= 15 is 0 Å². The van der Waals surface area contributed by atoms with E-state index in [1.807, 2.05) is 0 Å². The molecule has 8 heteroatoms. The monoisotopic (exact) mass is 304 g/mol. The van der Waals surface area contributed by atoms with Gasteiger partial charge in [-0.2, -0.15) is 5.26 Å². The highest BCUT2D eigenvalue weighted by atomic mass is 32.2. The number of nitrogens with zero attached hydrogens (tertiary/aromatic N) is 2. The summed E-state index contributed by atoms with van der Waals surface area (Å²) in [6, 6.07) is 8.78. The summed E-state index contributed by atoms with van der Waals surface area (Å²) in [6.45, 7) is -0.112. The van der Waals surface area contributed by atoms with Crippen LogP contribution in [-0.2, 0) is 16.6 Å². The number of sulfonamides is 1. The Kier molecular flexibility index (Phi) is 4.07. The fourth-order valence-electron chi connectivity index (χ4n) is 1.61. The molecule has 0 saturated carbocycles. The van der Waals surface area contributed by atoms with E-state index < -0.39 is 10.0 Å². The molecule has 0 atom stereocenters. The van der Waals surface area contributed by atoms with Crippen molar-refractivity contribution in [2.24, 2.45) is 0 Å². The number of anilines is 1. The number of nitrogens with two attached hydrogens (primary N) is 1. The predicted molar refractivity (Wildman–Crippen MR) is 75.5 cm³/mol. The zero-order chi connectivity index (χ0) is 15.5. The molecule has 1 aromatic carbocycles. The van der Waals surface area contributed by atoms with E-state index in [0.717, 1.165) is 6.20 Å². The second kappa shape index (κ2) is 5.78. The summed E-state index contributed by atoms with van der Waals surface area (Å²) >= 11 is 0. The van der Waals surface area contributed by atoms with Gasteiger partial charge in [0, 0.05) is 24.0 Å². The topological polar surface area (TPSA) is 129 Å². The zero-order valence-corrected chi connectivity index (χ0v) is 11.6.